The van der Waals surface area contributed by atoms with E-state index in [1.165, 1.54) is 27.7 Å². The van der Waals surface area contributed by atoms with Crippen molar-refractivity contribution in [2.45, 2.75) is 6.92 Å². The van der Waals surface area contributed by atoms with E-state index in [0.29, 0.717) is 40.1 Å². The van der Waals surface area contributed by atoms with Gasteiger partial charge in [-0.1, -0.05) is 0 Å². The summed E-state index contributed by atoms with van der Waals surface area (Å²) in [6, 6.07) is 6.79. The summed E-state index contributed by atoms with van der Waals surface area (Å²) >= 11 is 0. The number of rotatable bonds is 7. The first kappa shape index (κ1) is 20.8. The van der Waals surface area contributed by atoms with Crippen molar-refractivity contribution in [2.75, 3.05) is 26.6 Å². The van der Waals surface area contributed by atoms with Crippen LogP contribution in [0.1, 0.15) is 16.3 Å². The molecule has 4 aromatic rings. The van der Waals surface area contributed by atoms with Gasteiger partial charge in [-0.15, -0.1) is 0 Å². The molecule has 0 aliphatic carbocycles. The van der Waals surface area contributed by atoms with E-state index in [2.05, 4.69) is 30.5 Å². The van der Waals surface area contributed by atoms with E-state index >= 15 is 0 Å². The fourth-order valence-electron chi connectivity index (χ4n) is 3.17. The quantitative estimate of drug-likeness (QED) is 0.453. The molecule has 1 amide bonds. The van der Waals surface area contributed by atoms with Gasteiger partial charge in [0.15, 0.2) is 11.5 Å². The molecule has 1 aromatic carbocycles. The van der Waals surface area contributed by atoms with Crippen molar-refractivity contribution < 1.29 is 19.0 Å². The molecule has 0 aliphatic heterocycles. The number of nitrogens with one attached hydrogen (secondary N) is 2. The molecule has 11 nitrogen and oxygen atoms in total. The van der Waals surface area contributed by atoms with E-state index in [4.69, 9.17) is 14.2 Å². The average molecular weight is 435 g/mol. The van der Waals surface area contributed by atoms with Gasteiger partial charge in [-0.2, -0.15) is 5.10 Å². The van der Waals surface area contributed by atoms with Gasteiger partial charge in [-0.05, 0) is 25.1 Å². The van der Waals surface area contributed by atoms with Crippen molar-refractivity contribution in [3.63, 3.8) is 0 Å². The summed E-state index contributed by atoms with van der Waals surface area (Å²) < 4.78 is 17.9. The number of nitrogens with zero attached hydrogens (tertiary/aromatic N) is 5. The largest absolute Gasteiger partial charge is 0.493 e. The van der Waals surface area contributed by atoms with Crippen LogP contribution in [0.4, 0.5) is 5.82 Å². The number of carbonyl (C=O) groups excluding carboxylic acids is 1. The number of ether oxygens (including phenoxy) is 3. The Bertz CT molecular complexity index is 1240. The predicted octanol–water partition coefficient (Wildman–Crippen LogP) is 2.64. The van der Waals surface area contributed by atoms with Crippen molar-refractivity contribution in [1.29, 1.82) is 0 Å². The van der Waals surface area contributed by atoms with Crippen LogP contribution >= 0.6 is 0 Å². The number of hydrogen-bond acceptors (Lipinski definition) is 8. The number of aromatic amines is 1. The Morgan fingerprint density at radius 3 is 2.38 bits per heavy atom. The fraction of sp³-hybridized carbons (Fsp3) is 0.190. The minimum absolute atomic E-state index is 0.257. The van der Waals surface area contributed by atoms with Gasteiger partial charge < -0.3 is 19.5 Å². The number of H-pyrrole nitrogens is 1. The van der Waals surface area contributed by atoms with Gasteiger partial charge in [0.2, 0.25) is 5.75 Å². The SMILES string of the molecule is COc1cc(-c2cc(C(=O)Nc3cc(-n4ccnc4C)ncn3)[nH]n2)cc(OC)c1OC. The number of benzene rings is 1. The summed E-state index contributed by atoms with van der Waals surface area (Å²) in [5.74, 6) is 2.75. The van der Waals surface area contributed by atoms with E-state index in [0.717, 1.165) is 5.82 Å². The zero-order valence-corrected chi connectivity index (χ0v) is 17.9. The van der Waals surface area contributed by atoms with Crippen molar-refractivity contribution in [3.05, 3.63) is 54.5 Å². The van der Waals surface area contributed by atoms with Crippen molar-refractivity contribution in [1.82, 2.24) is 29.7 Å². The minimum Gasteiger partial charge on any atom is -0.493 e. The van der Waals surface area contributed by atoms with Crippen LogP contribution in [-0.4, -0.2) is 57.0 Å². The van der Waals surface area contributed by atoms with Crippen molar-refractivity contribution in [2.24, 2.45) is 0 Å². The summed E-state index contributed by atoms with van der Waals surface area (Å²) in [5.41, 5.74) is 1.48. The maximum Gasteiger partial charge on any atom is 0.274 e. The van der Waals surface area contributed by atoms with E-state index in [1.807, 2.05) is 6.92 Å². The van der Waals surface area contributed by atoms with E-state index < -0.39 is 5.91 Å². The lowest BCUT2D eigenvalue weighted by Gasteiger charge is -2.13. The topological polar surface area (TPSA) is 129 Å². The first-order valence-electron chi connectivity index (χ1n) is 9.53. The summed E-state index contributed by atoms with van der Waals surface area (Å²) in [6.45, 7) is 1.86. The highest BCUT2D eigenvalue weighted by atomic mass is 16.5. The molecule has 11 heteroatoms. The highest BCUT2D eigenvalue weighted by Crippen LogP contribution is 2.40. The maximum absolute atomic E-state index is 12.7. The van der Waals surface area contributed by atoms with Gasteiger partial charge in [-0.25, -0.2) is 15.0 Å². The number of amides is 1. The van der Waals surface area contributed by atoms with Crippen molar-refractivity contribution in [3.8, 4) is 34.3 Å². The lowest BCUT2D eigenvalue weighted by Crippen LogP contribution is -2.14. The van der Waals surface area contributed by atoms with Crippen LogP contribution < -0.4 is 19.5 Å². The number of aryl methyl sites for hydroxylation is 1. The normalized spacial score (nSPS) is 10.6. The zero-order chi connectivity index (χ0) is 22.7. The monoisotopic (exact) mass is 435 g/mol. The van der Waals surface area contributed by atoms with Crippen LogP contribution in [-0.2, 0) is 0 Å². The molecule has 3 heterocycles. The molecule has 4 rings (SSSR count). The van der Waals surface area contributed by atoms with Crippen LogP contribution in [0.5, 0.6) is 17.2 Å². The smallest absolute Gasteiger partial charge is 0.274 e. The molecule has 0 aliphatic rings. The maximum atomic E-state index is 12.7. The molecular weight excluding hydrogens is 414 g/mol. The second-order valence-corrected chi connectivity index (χ2v) is 6.64. The van der Waals surface area contributed by atoms with Crippen LogP contribution in [0.3, 0.4) is 0 Å². The minimum atomic E-state index is -0.400. The second kappa shape index (κ2) is 8.76. The molecule has 2 N–H and O–H groups in total. The van der Waals surface area contributed by atoms with Gasteiger partial charge in [0, 0.05) is 24.0 Å². The van der Waals surface area contributed by atoms with Gasteiger partial charge in [0.1, 0.15) is 29.5 Å². The standard InChI is InChI=1S/C21H21N7O4/c1-12-22-5-6-28(12)19-10-18(23-11-24-19)25-21(29)15-9-14(26-27-15)13-7-16(30-2)20(32-4)17(8-13)31-3/h5-11H,1-4H3,(H,26,27)(H,23,24,25,29). The Morgan fingerprint density at radius 2 is 1.75 bits per heavy atom. The average Bonchev–Trinajstić information content (AvgIpc) is 3.47. The molecule has 0 atom stereocenters. The third-order valence-electron chi connectivity index (χ3n) is 4.75. The molecule has 0 spiro atoms. The molecule has 0 fully saturated rings. The van der Waals surface area contributed by atoms with Crippen LogP contribution in [0.2, 0.25) is 0 Å². The first-order chi connectivity index (χ1) is 15.5. The summed E-state index contributed by atoms with van der Waals surface area (Å²) in [6.07, 6.45) is 4.82. The number of aromatic nitrogens is 6. The fourth-order valence-corrected chi connectivity index (χ4v) is 3.17. The zero-order valence-electron chi connectivity index (χ0n) is 17.9. The van der Waals surface area contributed by atoms with Crippen LogP contribution in [0, 0.1) is 6.92 Å². The summed E-state index contributed by atoms with van der Waals surface area (Å²) in [7, 11) is 4.60. The number of methoxy groups -OCH3 is 3. The molecular formula is C21H21N7O4. The number of carbonyl (C=O) groups is 1. The Labute approximate surface area is 183 Å². The summed E-state index contributed by atoms with van der Waals surface area (Å²) in [4.78, 5) is 25.2. The molecule has 3 aromatic heterocycles. The van der Waals surface area contributed by atoms with Gasteiger partial charge in [0.05, 0.1) is 27.0 Å². The third kappa shape index (κ3) is 3.95. The second-order valence-electron chi connectivity index (χ2n) is 6.64. The van der Waals surface area contributed by atoms with Crippen molar-refractivity contribution >= 4 is 11.7 Å². The van der Waals surface area contributed by atoms with Gasteiger partial charge >= 0.3 is 0 Å². The van der Waals surface area contributed by atoms with E-state index in [1.54, 1.807) is 41.2 Å². The Balaban J connectivity index is 1.57. The van der Waals surface area contributed by atoms with E-state index in [-0.39, 0.29) is 5.69 Å². The first-order valence-corrected chi connectivity index (χ1v) is 9.53. The molecule has 0 saturated heterocycles. The lowest BCUT2D eigenvalue weighted by atomic mass is 10.1. The number of imidazole rings is 1. The predicted molar refractivity (Wildman–Crippen MR) is 116 cm³/mol. The van der Waals surface area contributed by atoms with Gasteiger partial charge in [0.25, 0.3) is 5.91 Å². The molecule has 0 radical (unpaired) electrons. The highest BCUT2D eigenvalue weighted by Gasteiger charge is 2.17. The molecule has 32 heavy (non-hydrogen) atoms. The Hall–Kier alpha value is -4.41. The van der Waals surface area contributed by atoms with E-state index in [9.17, 15) is 4.79 Å². The molecule has 164 valence electrons. The number of anilines is 1. The molecule has 0 saturated carbocycles. The molecule has 0 unspecified atom stereocenters. The summed E-state index contributed by atoms with van der Waals surface area (Å²) in [5, 5.41) is 9.73. The highest BCUT2D eigenvalue weighted by molar-refractivity contribution is 6.03. The Kier molecular flexibility index (Phi) is 5.71. The van der Waals surface area contributed by atoms with Gasteiger partial charge in [-0.3, -0.25) is 14.5 Å². The molecule has 0 bridgehead atoms. The number of hydrogen-bond donors (Lipinski definition) is 2. The lowest BCUT2D eigenvalue weighted by molar-refractivity contribution is 0.102. The third-order valence-corrected chi connectivity index (χ3v) is 4.75. The van der Waals surface area contributed by atoms with Crippen LogP contribution in [0.15, 0.2) is 43.0 Å². The Morgan fingerprint density at radius 1 is 1.00 bits per heavy atom. The van der Waals surface area contributed by atoms with Crippen LogP contribution in [0.25, 0.3) is 17.1 Å².